The zero-order chi connectivity index (χ0) is 15.6. The van der Waals surface area contributed by atoms with Gasteiger partial charge in [0.25, 0.3) is 0 Å². The number of aromatic nitrogens is 1. The van der Waals surface area contributed by atoms with Crippen molar-refractivity contribution in [3.05, 3.63) is 41.3 Å². The third-order valence-corrected chi connectivity index (χ3v) is 2.84. The van der Waals surface area contributed by atoms with Gasteiger partial charge in [-0.15, -0.1) is 0 Å². The van der Waals surface area contributed by atoms with Crippen LogP contribution in [0.25, 0.3) is 11.5 Å². The predicted molar refractivity (Wildman–Crippen MR) is 71.9 cm³/mol. The molecule has 0 unspecified atom stereocenters. The highest BCUT2D eigenvalue weighted by molar-refractivity contribution is 5.88. The molecule has 2 aromatic rings. The van der Waals surface area contributed by atoms with Crippen LogP contribution < -0.4 is 0 Å². The lowest BCUT2D eigenvalue weighted by Gasteiger charge is -2.02. The molecule has 1 aromatic heterocycles. The SMILES string of the molecule is CCOC(=O)c1oc(-c2c(F)cccc2F)nc1C(C)C. The Hall–Kier alpha value is -2.24. The molecule has 112 valence electrons. The Morgan fingerprint density at radius 3 is 2.48 bits per heavy atom. The fraction of sp³-hybridized carbons (Fsp3) is 0.333. The molecule has 2 rings (SSSR count). The van der Waals surface area contributed by atoms with Crippen LogP contribution in [0.5, 0.6) is 0 Å². The van der Waals surface area contributed by atoms with Gasteiger partial charge >= 0.3 is 5.97 Å². The molecular formula is C15H15F2NO3. The van der Waals surface area contributed by atoms with Crippen LogP contribution in [0.3, 0.4) is 0 Å². The minimum absolute atomic E-state index is 0.121. The number of esters is 1. The summed E-state index contributed by atoms with van der Waals surface area (Å²) in [6, 6.07) is 3.44. The Bertz CT molecular complexity index is 645. The van der Waals surface area contributed by atoms with E-state index in [0.717, 1.165) is 12.1 Å². The average molecular weight is 295 g/mol. The van der Waals surface area contributed by atoms with Crippen molar-refractivity contribution in [1.82, 2.24) is 4.98 Å². The maximum atomic E-state index is 13.8. The van der Waals surface area contributed by atoms with E-state index in [0.29, 0.717) is 5.69 Å². The van der Waals surface area contributed by atoms with Gasteiger partial charge in [0, 0.05) is 0 Å². The molecular weight excluding hydrogens is 280 g/mol. The van der Waals surface area contributed by atoms with E-state index in [-0.39, 0.29) is 24.2 Å². The summed E-state index contributed by atoms with van der Waals surface area (Å²) in [5.74, 6) is -2.85. The van der Waals surface area contributed by atoms with E-state index in [9.17, 15) is 13.6 Å². The summed E-state index contributed by atoms with van der Waals surface area (Å²) in [5.41, 5.74) is -0.0824. The molecule has 0 saturated heterocycles. The zero-order valence-corrected chi connectivity index (χ0v) is 11.9. The van der Waals surface area contributed by atoms with E-state index in [1.54, 1.807) is 20.8 Å². The third-order valence-electron chi connectivity index (χ3n) is 2.84. The molecule has 21 heavy (non-hydrogen) atoms. The summed E-state index contributed by atoms with van der Waals surface area (Å²) in [6.45, 7) is 5.41. The van der Waals surface area contributed by atoms with Crippen LogP contribution >= 0.6 is 0 Å². The highest BCUT2D eigenvalue weighted by atomic mass is 19.1. The minimum atomic E-state index is -0.804. The quantitative estimate of drug-likeness (QED) is 0.802. The van der Waals surface area contributed by atoms with Gasteiger partial charge in [-0.2, -0.15) is 0 Å². The van der Waals surface area contributed by atoms with Crippen LogP contribution in [0.1, 0.15) is 42.9 Å². The lowest BCUT2D eigenvalue weighted by atomic mass is 10.1. The van der Waals surface area contributed by atoms with Gasteiger partial charge in [-0.25, -0.2) is 18.6 Å². The standard InChI is InChI=1S/C15H15F2NO3/c1-4-20-15(19)13-12(8(2)3)18-14(21-13)11-9(16)6-5-7-10(11)17/h5-8H,4H2,1-3H3. The number of carbonyl (C=O) groups excluding carboxylic acids is 1. The largest absolute Gasteiger partial charge is 0.460 e. The molecule has 0 amide bonds. The first-order valence-corrected chi connectivity index (χ1v) is 6.57. The number of nitrogens with zero attached hydrogens (tertiary/aromatic N) is 1. The summed E-state index contributed by atoms with van der Waals surface area (Å²) in [6.07, 6.45) is 0. The van der Waals surface area contributed by atoms with Crippen molar-refractivity contribution in [1.29, 1.82) is 0 Å². The van der Waals surface area contributed by atoms with Gasteiger partial charge in [0.15, 0.2) is 0 Å². The van der Waals surface area contributed by atoms with E-state index in [1.807, 2.05) is 0 Å². The van der Waals surface area contributed by atoms with Gasteiger partial charge in [-0.05, 0) is 25.0 Å². The highest BCUT2D eigenvalue weighted by Crippen LogP contribution is 2.30. The smallest absolute Gasteiger partial charge is 0.376 e. The first kappa shape index (κ1) is 15.2. The zero-order valence-electron chi connectivity index (χ0n) is 11.9. The van der Waals surface area contributed by atoms with Crippen molar-refractivity contribution in [3.8, 4) is 11.5 Å². The topological polar surface area (TPSA) is 52.3 Å². The van der Waals surface area contributed by atoms with Crippen LogP contribution in [0.4, 0.5) is 8.78 Å². The molecule has 0 radical (unpaired) electrons. The monoisotopic (exact) mass is 295 g/mol. The number of benzene rings is 1. The molecule has 4 nitrogen and oxygen atoms in total. The second kappa shape index (κ2) is 6.03. The molecule has 0 spiro atoms. The Kier molecular flexibility index (Phi) is 4.35. The number of halogens is 2. The molecule has 0 aliphatic rings. The summed E-state index contributed by atoms with van der Waals surface area (Å²) in [4.78, 5) is 15.9. The van der Waals surface area contributed by atoms with E-state index < -0.39 is 23.2 Å². The normalized spacial score (nSPS) is 11.0. The number of rotatable bonds is 4. The Labute approximate surface area is 120 Å². The van der Waals surface area contributed by atoms with E-state index in [4.69, 9.17) is 9.15 Å². The molecule has 1 heterocycles. The lowest BCUT2D eigenvalue weighted by Crippen LogP contribution is -2.07. The number of oxazole rings is 1. The van der Waals surface area contributed by atoms with Crippen molar-refractivity contribution in [2.75, 3.05) is 6.61 Å². The summed E-state index contributed by atoms with van der Waals surface area (Å²) >= 11 is 0. The predicted octanol–water partition coefficient (Wildman–Crippen LogP) is 3.92. The molecule has 6 heteroatoms. The highest BCUT2D eigenvalue weighted by Gasteiger charge is 2.26. The Balaban J connectivity index is 2.57. The molecule has 1 aromatic carbocycles. The van der Waals surface area contributed by atoms with E-state index >= 15 is 0 Å². The number of ether oxygens (including phenoxy) is 1. The molecule has 0 aliphatic carbocycles. The Morgan fingerprint density at radius 1 is 1.33 bits per heavy atom. The Morgan fingerprint density at radius 2 is 1.95 bits per heavy atom. The molecule has 0 fully saturated rings. The summed E-state index contributed by atoms with van der Waals surface area (Å²) < 4.78 is 37.7. The third kappa shape index (κ3) is 2.94. The molecule has 0 atom stereocenters. The first-order valence-electron chi connectivity index (χ1n) is 6.57. The van der Waals surface area contributed by atoms with Crippen molar-refractivity contribution in [2.45, 2.75) is 26.7 Å². The number of hydrogen-bond donors (Lipinski definition) is 0. The van der Waals surface area contributed by atoms with Gasteiger partial charge in [-0.1, -0.05) is 19.9 Å². The van der Waals surface area contributed by atoms with E-state index in [1.165, 1.54) is 6.07 Å². The van der Waals surface area contributed by atoms with Crippen molar-refractivity contribution in [3.63, 3.8) is 0 Å². The minimum Gasteiger partial charge on any atom is -0.460 e. The van der Waals surface area contributed by atoms with Crippen LogP contribution in [0.2, 0.25) is 0 Å². The van der Waals surface area contributed by atoms with Crippen molar-refractivity contribution < 1.29 is 22.7 Å². The molecule has 0 aliphatic heterocycles. The van der Waals surface area contributed by atoms with Gasteiger partial charge in [0.05, 0.1) is 12.3 Å². The van der Waals surface area contributed by atoms with Gasteiger partial charge in [0.1, 0.15) is 17.2 Å². The summed E-state index contributed by atoms with van der Waals surface area (Å²) in [5, 5.41) is 0. The van der Waals surface area contributed by atoms with Crippen LogP contribution in [0.15, 0.2) is 22.6 Å². The maximum Gasteiger partial charge on any atom is 0.376 e. The number of hydrogen-bond acceptors (Lipinski definition) is 4. The maximum absolute atomic E-state index is 13.8. The van der Waals surface area contributed by atoms with Crippen molar-refractivity contribution in [2.24, 2.45) is 0 Å². The lowest BCUT2D eigenvalue weighted by molar-refractivity contribution is 0.0488. The van der Waals surface area contributed by atoms with Crippen LogP contribution in [-0.4, -0.2) is 17.6 Å². The van der Waals surface area contributed by atoms with Crippen LogP contribution in [-0.2, 0) is 4.74 Å². The second-order valence-electron chi connectivity index (χ2n) is 4.71. The fourth-order valence-electron chi connectivity index (χ4n) is 1.88. The average Bonchev–Trinajstić information content (AvgIpc) is 2.84. The fourth-order valence-corrected chi connectivity index (χ4v) is 1.88. The van der Waals surface area contributed by atoms with Crippen molar-refractivity contribution >= 4 is 5.97 Å². The number of carbonyl (C=O) groups is 1. The second-order valence-corrected chi connectivity index (χ2v) is 4.71. The van der Waals surface area contributed by atoms with E-state index in [2.05, 4.69) is 4.98 Å². The van der Waals surface area contributed by atoms with Gasteiger partial charge in [-0.3, -0.25) is 0 Å². The van der Waals surface area contributed by atoms with Gasteiger partial charge in [0.2, 0.25) is 11.7 Å². The molecule has 0 bridgehead atoms. The van der Waals surface area contributed by atoms with Gasteiger partial charge < -0.3 is 9.15 Å². The first-order chi connectivity index (χ1) is 9.95. The van der Waals surface area contributed by atoms with Crippen LogP contribution in [0, 0.1) is 11.6 Å². The summed E-state index contributed by atoms with van der Waals surface area (Å²) in [7, 11) is 0. The molecule has 0 N–H and O–H groups in total. The molecule has 0 saturated carbocycles.